The summed E-state index contributed by atoms with van der Waals surface area (Å²) in [6, 6.07) is 16.4. The van der Waals surface area contributed by atoms with Crippen LogP contribution in [0.15, 0.2) is 66.9 Å². The fraction of sp³-hybridized carbons (Fsp3) is 0.375. The first kappa shape index (κ1) is 31.7. The molecule has 1 amide bonds. The summed E-state index contributed by atoms with van der Waals surface area (Å²) < 4.78 is 70.5. The minimum Gasteiger partial charge on any atom is -0.486 e. The van der Waals surface area contributed by atoms with Gasteiger partial charge in [-0.3, -0.25) is 10.1 Å². The molecule has 11 nitrogen and oxygen atoms in total. The van der Waals surface area contributed by atoms with E-state index >= 15 is 0 Å². The zero-order valence-corrected chi connectivity index (χ0v) is 26.0. The van der Waals surface area contributed by atoms with Crippen molar-refractivity contribution in [2.45, 2.75) is 50.6 Å². The summed E-state index contributed by atoms with van der Waals surface area (Å²) in [5, 5.41) is 21.4. The third-order valence-electron chi connectivity index (χ3n) is 7.97. The van der Waals surface area contributed by atoms with Gasteiger partial charge < -0.3 is 24.6 Å². The van der Waals surface area contributed by atoms with Gasteiger partial charge in [-0.05, 0) is 66.9 Å². The topological polar surface area (TPSA) is 141 Å². The number of hydrogen-bond donors (Lipinski definition) is 3. The van der Waals surface area contributed by atoms with Gasteiger partial charge >= 0.3 is 5.92 Å². The van der Waals surface area contributed by atoms with E-state index in [4.69, 9.17) is 14.2 Å². The molecule has 4 aromatic rings. The lowest BCUT2D eigenvalue weighted by Crippen LogP contribution is -2.46. The number of aromatic nitrogens is 2. The van der Waals surface area contributed by atoms with Gasteiger partial charge in [-0.2, -0.15) is 13.9 Å². The van der Waals surface area contributed by atoms with Gasteiger partial charge in [0, 0.05) is 18.4 Å². The summed E-state index contributed by atoms with van der Waals surface area (Å²) in [4.78, 5) is 12.2. The number of benzene rings is 3. The summed E-state index contributed by atoms with van der Waals surface area (Å²) in [6.07, 6.45) is 0.163. The average molecular weight is 657 g/mol. The van der Waals surface area contributed by atoms with Crippen LogP contribution in [-0.4, -0.2) is 71.9 Å². The van der Waals surface area contributed by atoms with Crippen LogP contribution in [0.2, 0.25) is 0 Å². The number of carbonyl (C=O) groups excluding carboxylic acids is 1. The SMILES string of the molecule is C[C@H](NC(=O)C(C)(F)F)[C@H](Oc1ccc2c(cnn2-c2cccc(C(O)N[C@H]3CCS(=O)(=O)C3)c2)c1)c1ccc2c(c1)OCCO2. The lowest BCUT2D eigenvalue weighted by molar-refractivity contribution is -0.144. The average Bonchev–Trinajstić information content (AvgIpc) is 3.60. The molecule has 244 valence electrons. The van der Waals surface area contributed by atoms with E-state index in [0.29, 0.717) is 60.6 Å². The van der Waals surface area contributed by atoms with Crippen LogP contribution in [0.25, 0.3) is 16.6 Å². The number of hydrogen-bond acceptors (Lipinski definition) is 9. The van der Waals surface area contributed by atoms with Crippen LogP contribution in [0, 0.1) is 0 Å². The molecule has 1 saturated heterocycles. The van der Waals surface area contributed by atoms with Gasteiger partial charge in [0.1, 0.15) is 31.3 Å². The number of amides is 1. The standard InChI is InChI=1S/C32H34F2N4O7S/c1-19(36-31(40)32(2,33)34)29(20-6-9-27-28(16-20)44-12-11-43-27)45-25-7-8-26-22(15-25)17-35-38(26)24-5-3-4-21(14-24)30(39)37-23-10-13-46(41,42)18-23/h3-9,14-17,19,23,29-30,37,39H,10-13,18H2,1-2H3,(H,36,40)/t19-,23-,29-,30?/m0/s1. The number of ether oxygens (including phenoxy) is 3. The molecule has 2 aliphatic rings. The molecule has 1 aromatic heterocycles. The molecule has 46 heavy (non-hydrogen) atoms. The predicted molar refractivity (Wildman–Crippen MR) is 165 cm³/mol. The van der Waals surface area contributed by atoms with Crippen molar-refractivity contribution in [2.24, 2.45) is 0 Å². The molecule has 3 aromatic carbocycles. The number of sulfone groups is 1. The van der Waals surface area contributed by atoms with E-state index < -0.39 is 40.0 Å². The number of halogens is 2. The van der Waals surface area contributed by atoms with Crippen LogP contribution in [0.3, 0.4) is 0 Å². The third-order valence-corrected chi connectivity index (χ3v) is 9.73. The Hall–Kier alpha value is -4.27. The molecule has 6 rings (SSSR count). The van der Waals surface area contributed by atoms with Crippen molar-refractivity contribution in [1.82, 2.24) is 20.4 Å². The van der Waals surface area contributed by atoms with E-state index in [0.717, 1.165) is 10.9 Å². The molecule has 0 saturated carbocycles. The molecule has 0 aliphatic carbocycles. The fourth-order valence-electron chi connectivity index (χ4n) is 5.61. The van der Waals surface area contributed by atoms with Crippen LogP contribution in [0.5, 0.6) is 17.2 Å². The van der Waals surface area contributed by atoms with E-state index in [1.54, 1.807) is 72.4 Å². The molecule has 14 heteroatoms. The minimum absolute atomic E-state index is 0.0102. The van der Waals surface area contributed by atoms with Gasteiger partial charge in [0.05, 0.1) is 34.9 Å². The molecule has 3 heterocycles. The van der Waals surface area contributed by atoms with Gasteiger partial charge in [-0.15, -0.1) is 0 Å². The summed E-state index contributed by atoms with van der Waals surface area (Å²) in [5.74, 6) is -3.44. The summed E-state index contributed by atoms with van der Waals surface area (Å²) in [5.41, 5.74) is 2.55. The normalized spacial score (nSPS) is 19.4. The highest BCUT2D eigenvalue weighted by atomic mass is 32.2. The monoisotopic (exact) mass is 656 g/mol. The summed E-state index contributed by atoms with van der Waals surface area (Å²) in [6.45, 7) is 2.90. The number of rotatable bonds is 10. The molecular weight excluding hydrogens is 622 g/mol. The van der Waals surface area contributed by atoms with E-state index in [1.165, 1.54) is 0 Å². The Morgan fingerprint density at radius 3 is 2.61 bits per heavy atom. The van der Waals surface area contributed by atoms with Crippen molar-refractivity contribution in [2.75, 3.05) is 24.7 Å². The maximum atomic E-state index is 13.8. The molecule has 4 atom stereocenters. The molecule has 0 bridgehead atoms. The Morgan fingerprint density at radius 2 is 1.87 bits per heavy atom. The van der Waals surface area contributed by atoms with Crippen molar-refractivity contribution in [3.63, 3.8) is 0 Å². The quantitative estimate of drug-likeness (QED) is 0.217. The molecule has 3 N–H and O–H groups in total. The number of nitrogens with one attached hydrogen (secondary N) is 2. The second-order valence-electron chi connectivity index (χ2n) is 11.6. The van der Waals surface area contributed by atoms with Crippen molar-refractivity contribution in [3.8, 4) is 22.9 Å². The van der Waals surface area contributed by atoms with Crippen LogP contribution >= 0.6 is 0 Å². The molecule has 1 fully saturated rings. The van der Waals surface area contributed by atoms with Gasteiger partial charge in [0.25, 0.3) is 5.91 Å². The van der Waals surface area contributed by atoms with Gasteiger partial charge in [-0.25, -0.2) is 13.1 Å². The second kappa shape index (κ2) is 12.5. The number of fused-ring (bicyclic) bond motifs is 2. The first-order chi connectivity index (χ1) is 21.9. The maximum absolute atomic E-state index is 13.8. The highest BCUT2D eigenvalue weighted by Crippen LogP contribution is 2.36. The van der Waals surface area contributed by atoms with Crippen LogP contribution in [0.1, 0.15) is 43.7 Å². The van der Waals surface area contributed by atoms with Crippen LogP contribution < -0.4 is 24.8 Å². The zero-order valence-electron chi connectivity index (χ0n) is 25.2. The van der Waals surface area contributed by atoms with Gasteiger partial charge in [0.15, 0.2) is 21.3 Å². The molecular formula is C32H34F2N4O7S. The van der Waals surface area contributed by atoms with E-state index in [9.17, 15) is 27.1 Å². The fourth-order valence-corrected chi connectivity index (χ4v) is 7.30. The minimum atomic E-state index is -3.57. The van der Waals surface area contributed by atoms with Gasteiger partial charge in [0.2, 0.25) is 0 Å². The van der Waals surface area contributed by atoms with Crippen LogP contribution in [0.4, 0.5) is 8.78 Å². The van der Waals surface area contributed by atoms with Crippen molar-refractivity contribution >= 4 is 26.6 Å². The number of carbonyl (C=O) groups is 1. The molecule has 0 spiro atoms. The highest BCUT2D eigenvalue weighted by Gasteiger charge is 2.35. The summed E-state index contributed by atoms with van der Waals surface area (Å²) >= 11 is 0. The third kappa shape index (κ3) is 6.93. The number of alkyl halides is 2. The predicted octanol–water partition coefficient (Wildman–Crippen LogP) is 3.84. The van der Waals surface area contributed by atoms with Gasteiger partial charge in [-0.1, -0.05) is 18.2 Å². The Labute approximate surface area is 264 Å². The first-order valence-corrected chi connectivity index (χ1v) is 16.7. The number of nitrogens with zero attached hydrogens (tertiary/aromatic N) is 2. The summed E-state index contributed by atoms with van der Waals surface area (Å²) in [7, 11) is -3.10. The van der Waals surface area contributed by atoms with Crippen LogP contribution in [-0.2, 0) is 14.6 Å². The number of aliphatic hydroxyl groups is 1. The smallest absolute Gasteiger partial charge is 0.321 e. The second-order valence-corrected chi connectivity index (χ2v) is 13.9. The van der Waals surface area contributed by atoms with Crippen molar-refractivity contribution in [3.05, 3.63) is 78.0 Å². The molecule has 1 unspecified atom stereocenters. The Morgan fingerprint density at radius 1 is 1.09 bits per heavy atom. The Balaban J connectivity index is 1.24. The largest absolute Gasteiger partial charge is 0.486 e. The maximum Gasteiger partial charge on any atom is 0.321 e. The van der Waals surface area contributed by atoms with E-state index in [2.05, 4.69) is 15.7 Å². The lowest BCUT2D eigenvalue weighted by Gasteiger charge is -2.28. The van der Waals surface area contributed by atoms with E-state index in [1.807, 2.05) is 6.07 Å². The first-order valence-electron chi connectivity index (χ1n) is 14.8. The molecule has 0 radical (unpaired) electrons. The number of aliphatic hydroxyl groups excluding tert-OH is 1. The highest BCUT2D eigenvalue weighted by molar-refractivity contribution is 7.91. The molecule has 2 aliphatic heterocycles. The van der Waals surface area contributed by atoms with Crippen molar-refractivity contribution in [1.29, 1.82) is 0 Å². The zero-order chi connectivity index (χ0) is 32.6. The Kier molecular flexibility index (Phi) is 8.61. The van der Waals surface area contributed by atoms with E-state index in [-0.39, 0.29) is 17.5 Å². The van der Waals surface area contributed by atoms with Crippen molar-refractivity contribution < 1.29 is 41.3 Å². The Bertz CT molecular complexity index is 1860. The lowest BCUT2D eigenvalue weighted by atomic mass is 10.0.